The summed E-state index contributed by atoms with van der Waals surface area (Å²) in [5.41, 5.74) is 2.80. The first-order chi connectivity index (χ1) is 12.0. The van der Waals surface area contributed by atoms with Gasteiger partial charge in [0, 0.05) is 11.4 Å². The van der Waals surface area contributed by atoms with Gasteiger partial charge in [0.2, 0.25) is 0 Å². The SMILES string of the molecule is CCOC(=O)CC(=Cc1cccc(C)c1C(=O)O)Nc1ccccc1. The van der Waals surface area contributed by atoms with Crippen LogP contribution in [0.3, 0.4) is 0 Å². The van der Waals surface area contributed by atoms with E-state index in [0.717, 1.165) is 5.69 Å². The quantitative estimate of drug-likeness (QED) is 0.743. The normalized spacial score (nSPS) is 11.0. The van der Waals surface area contributed by atoms with Crippen LogP contribution in [-0.4, -0.2) is 23.7 Å². The number of hydrogen-bond acceptors (Lipinski definition) is 4. The fourth-order valence-electron chi connectivity index (χ4n) is 2.50. The van der Waals surface area contributed by atoms with Gasteiger partial charge >= 0.3 is 11.9 Å². The Hall–Kier alpha value is -3.08. The van der Waals surface area contributed by atoms with Crippen molar-refractivity contribution in [2.75, 3.05) is 11.9 Å². The van der Waals surface area contributed by atoms with Crippen molar-refractivity contribution in [2.45, 2.75) is 20.3 Å². The monoisotopic (exact) mass is 339 g/mol. The maximum absolute atomic E-state index is 11.9. The van der Waals surface area contributed by atoms with Gasteiger partial charge in [-0.2, -0.15) is 0 Å². The highest BCUT2D eigenvalue weighted by molar-refractivity contribution is 5.94. The third kappa shape index (κ3) is 5.21. The van der Waals surface area contributed by atoms with Gasteiger partial charge in [0.25, 0.3) is 0 Å². The summed E-state index contributed by atoms with van der Waals surface area (Å²) in [4.78, 5) is 23.5. The van der Waals surface area contributed by atoms with E-state index in [1.54, 1.807) is 38.1 Å². The second-order valence-electron chi connectivity index (χ2n) is 5.49. The van der Waals surface area contributed by atoms with Crippen LogP contribution in [-0.2, 0) is 9.53 Å². The van der Waals surface area contributed by atoms with Gasteiger partial charge in [0.05, 0.1) is 18.6 Å². The van der Waals surface area contributed by atoms with E-state index in [0.29, 0.717) is 23.4 Å². The van der Waals surface area contributed by atoms with E-state index in [4.69, 9.17) is 4.74 Å². The summed E-state index contributed by atoms with van der Waals surface area (Å²) in [6, 6.07) is 14.6. The number of carboxylic acid groups (broad SMARTS) is 1. The molecule has 0 aliphatic heterocycles. The van der Waals surface area contributed by atoms with Crippen molar-refractivity contribution in [2.24, 2.45) is 0 Å². The zero-order chi connectivity index (χ0) is 18.2. The number of carboxylic acids is 1. The van der Waals surface area contributed by atoms with Gasteiger partial charge in [0.15, 0.2) is 0 Å². The molecule has 0 bridgehead atoms. The predicted octanol–water partition coefficient (Wildman–Crippen LogP) is 4.10. The number of esters is 1. The molecule has 0 unspecified atom stereocenters. The van der Waals surface area contributed by atoms with E-state index in [2.05, 4.69) is 5.32 Å². The summed E-state index contributed by atoms with van der Waals surface area (Å²) >= 11 is 0. The third-order valence-corrected chi connectivity index (χ3v) is 3.57. The van der Waals surface area contributed by atoms with Gasteiger partial charge in [-0.3, -0.25) is 4.79 Å². The van der Waals surface area contributed by atoms with Crippen LogP contribution >= 0.6 is 0 Å². The Balaban J connectivity index is 2.40. The molecule has 0 amide bonds. The Morgan fingerprint density at radius 2 is 1.84 bits per heavy atom. The molecule has 0 fully saturated rings. The molecular formula is C20H21NO4. The molecule has 0 aromatic heterocycles. The molecule has 5 nitrogen and oxygen atoms in total. The number of aryl methyl sites for hydroxylation is 1. The van der Waals surface area contributed by atoms with Crippen LogP contribution in [0.4, 0.5) is 5.69 Å². The third-order valence-electron chi connectivity index (χ3n) is 3.57. The molecule has 130 valence electrons. The Morgan fingerprint density at radius 3 is 2.48 bits per heavy atom. The van der Waals surface area contributed by atoms with Gasteiger partial charge < -0.3 is 15.2 Å². The summed E-state index contributed by atoms with van der Waals surface area (Å²) < 4.78 is 5.01. The molecule has 0 spiro atoms. The molecule has 0 saturated heterocycles. The molecule has 2 N–H and O–H groups in total. The molecule has 0 aliphatic rings. The highest BCUT2D eigenvalue weighted by Gasteiger charge is 2.14. The highest BCUT2D eigenvalue weighted by atomic mass is 16.5. The average molecular weight is 339 g/mol. The molecule has 2 aromatic rings. The summed E-state index contributed by atoms with van der Waals surface area (Å²) in [6.45, 7) is 3.79. The fourth-order valence-corrected chi connectivity index (χ4v) is 2.50. The number of nitrogens with one attached hydrogen (secondary N) is 1. The lowest BCUT2D eigenvalue weighted by Crippen LogP contribution is -2.11. The number of aromatic carboxylic acids is 1. The number of para-hydroxylation sites is 1. The van der Waals surface area contributed by atoms with Gasteiger partial charge in [-0.15, -0.1) is 0 Å². The van der Waals surface area contributed by atoms with E-state index in [1.165, 1.54) is 0 Å². The molecule has 2 rings (SSSR count). The van der Waals surface area contributed by atoms with Crippen LogP contribution in [0.2, 0.25) is 0 Å². The summed E-state index contributed by atoms with van der Waals surface area (Å²) in [5.74, 6) is -1.37. The zero-order valence-electron chi connectivity index (χ0n) is 14.3. The summed E-state index contributed by atoms with van der Waals surface area (Å²) in [5, 5.41) is 12.6. The lowest BCUT2D eigenvalue weighted by atomic mass is 10.0. The van der Waals surface area contributed by atoms with Gasteiger partial charge in [0.1, 0.15) is 0 Å². The molecule has 5 heteroatoms. The van der Waals surface area contributed by atoms with Gasteiger partial charge in [-0.05, 0) is 43.2 Å². The number of hydrogen-bond donors (Lipinski definition) is 2. The Kier molecular flexibility index (Phi) is 6.34. The minimum Gasteiger partial charge on any atom is -0.478 e. The van der Waals surface area contributed by atoms with Crippen molar-refractivity contribution in [3.05, 3.63) is 70.9 Å². The fraction of sp³-hybridized carbons (Fsp3) is 0.200. The van der Waals surface area contributed by atoms with Crippen molar-refractivity contribution in [3.63, 3.8) is 0 Å². The number of anilines is 1. The van der Waals surface area contributed by atoms with Gasteiger partial charge in [-0.25, -0.2) is 4.79 Å². The Morgan fingerprint density at radius 1 is 1.12 bits per heavy atom. The summed E-state index contributed by atoms with van der Waals surface area (Å²) in [7, 11) is 0. The van der Waals surface area contributed by atoms with Crippen LogP contribution in [0.1, 0.15) is 34.8 Å². The Labute approximate surface area is 146 Å². The number of benzene rings is 2. The number of rotatable bonds is 7. The molecule has 25 heavy (non-hydrogen) atoms. The minimum absolute atomic E-state index is 0.0235. The molecule has 0 radical (unpaired) electrons. The van der Waals surface area contributed by atoms with E-state index in [9.17, 15) is 14.7 Å². The lowest BCUT2D eigenvalue weighted by molar-refractivity contribution is -0.142. The van der Waals surface area contributed by atoms with Crippen molar-refractivity contribution >= 4 is 23.7 Å². The lowest BCUT2D eigenvalue weighted by Gasteiger charge is -2.12. The molecular weight excluding hydrogens is 318 g/mol. The maximum Gasteiger partial charge on any atom is 0.336 e. The van der Waals surface area contributed by atoms with E-state index >= 15 is 0 Å². The van der Waals surface area contributed by atoms with Crippen molar-refractivity contribution < 1.29 is 19.4 Å². The zero-order valence-corrected chi connectivity index (χ0v) is 14.3. The first kappa shape index (κ1) is 18.3. The van der Waals surface area contributed by atoms with Crippen LogP contribution in [0, 0.1) is 6.92 Å². The van der Waals surface area contributed by atoms with Crippen LogP contribution < -0.4 is 5.32 Å². The van der Waals surface area contributed by atoms with Crippen LogP contribution in [0.15, 0.2) is 54.2 Å². The molecule has 0 heterocycles. The number of ether oxygens (including phenoxy) is 1. The average Bonchev–Trinajstić information content (AvgIpc) is 2.55. The molecule has 0 atom stereocenters. The summed E-state index contributed by atoms with van der Waals surface area (Å²) in [6.07, 6.45) is 1.70. The first-order valence-corrected chi connectivity index (χ1v) is 8.02. The molecule has 0 saturated carbocycles. The number of carbonyl (C=O) groups is 2. The van der Waals surface area contributed by atoms with Crippen LogP contribution in [0.25, 0.3) is 6.08 Å². The van der Waals surface area contributed by atoms with Gasteiger partial charge in [-0.1, -0.05) is 36.4 Å². The highest BCUT2D eigenvalue weighted by Crippen LogP contribution is 2.20. The minimum atomic E-state index is -1.00. The molecule has 0 aliphatic carbocycles. The second-order valence-corrected chi connectivity index (χ2v) is 5.49. The topological polar surface area (TPSA) is 75.6 Å². The smallest absolute Gasteiger partial charge is 0.336 e. The standard InChI is InChI=1S/C20H21NO4/c1-3-25-18(22)13-17(21-16-10-5-4-6-11-16)12-15-9-7-8-14(2)19(15)20(23)24/h4-12,21H,3,13H2,1-2H3,(H,23,24). The van der Waals surface area contributed by atoms with Crippen molar-refractivity contribution in [1.29, 1.82) is 0 Å². The number of carbonyl (C=O) groups excluding carboxylic acids is 1. The first-order valence-electron chi connectivity index (χ1n) is 8.02. The van der Waals surface area contributed by atoms with E-state index < -0.39 is 5.97 Å². The Bertz CT molecular complexity index is 782. The maximum atomic E-state index is 11.9. The predicted molar refractivity (Wildman–Crippen MR) is 97.4 cm³/mol. The van der Waals surface area contributed by atoms with Crippen molar-refractivity contribution in [3.8, 4) is 0 Å². The molecule has 2 aromatic carbocycles. The van der Waals surface area contributed by atoms with E-state index in [1.807, 2.05) is 30.3 Å². The largest absolute Gasteiger partial charge is 0.478 e. The van der Waals surface area contributed by atoms with Crippen LogP contribution in [0.5, 0.6) is 0 Å². The van der Waals surface area contributed by atoms with E-state index in [-0.39, 0.29) is 18.0 Å². The second kappa shape index (κ2) is 8.68. The van der Waals surface area contributed by atoms with Crippen molar-refractivity contribution in [1.82, 2.24) is 0 Å².